The monoisotopic (exact) mass is 474 g/mol. The second kappa shape index (κ2) is 11.3. The summed E-state index contributed by atoms with van der Waals surface area (Å²) in [7, 11) is 3.48. The predicted molar refractivity (Wildman–Crippen MR) is 117 cm³/mol. The number of benzene rings is 1. The van der Waals surface area contributed by atoms with E-state index >= 15 is 0 Å². The van der Waals surface area contributed by atoms with Gasteiger partial charge in [-0.15, -0.1) is 35.3 Å². The maximum absolute atomic E-state index is 5.25. The summed E-state index contributed by atoms with van der Waals surface area (Å²) in [6.45, 7) is 5.82. The molecule has 0 atom stereocenters. The molecular weight excluding hydrogens is 447 g/mol. The van der Waals surface area contributed by atoms with Crippen LogP contribution in [0.25, 0.3) is 0 Å². The highest BCUT2D eigenvalue weighted by Crippen LogP contribution is 2.16. The number of methoxy groups -OCH3 is 1. The highest BCUT2D eigenvalue weighted by atomic mass is 127. The summed E-state index contributed by atoms with van der Waals surface area (Å²) < 4.78 is 5.25. The van der Waals surface area contributed by atoms with E-state index < -0.39 is 0 Å². The van der Waals surface area contributed by atoms with Crippen LogP contribution in [-0.2, 0) is 12.8 Å². The van der Waals surface area contributed by atoms with E-state index in [0.717, 1.165) is 43.3 Å². The van der Waals surface area contributed by atoms with E-state index in [9.17, 15) is 0 Å². The fourth-order valence-electron chi connectivity index (χ4n) is 2.31. The Hall–Kier alpha value is -1.35. The maximum atomic E-state index is 5.25. The molecule has 7 heteroatoms. The Kier molecular flexibility index (Phi) is 9.81. The van der Waals surface area contributed by atoms with Gasteiger partial charge in [-0.2, -0.15) is 0 Å². The van der Waals surface area contributed by atoms with E-state index in [-0.39, 0.29) is 24.0 Å². The molecule has 0 saturated carbocycles. The van der Waals surface area contributed by atoms with Crippen LogP contribution in [0, 0.1) is 13.8 Å². The lowest BCUT2D eigenvalue weighted by Crippen LogP contribution is -2.39. The molecule has 0 aliphatic heterocycles. The Bertz CT molecular complexity index is 668. The van der Waals surface area contributed by atoms with Gasteiger partial charge in [0.25, 0.3) is 0 Å². The standard InChI is InChI=1S/C18H26N4OS.HI/c1-13-14(2)24-17(22-13)9-11-21-18(19-3)20-10-8-15-6-5-7-16(12-15)23-4;/h5-7,12H,8-11H2,1-4H3,(H2,19,20,21);1H. The number of guanidine groups is 1. The first-order valence-corrected chi connectivity index (χ1v) is 8.94. The Balaban J connectivity index is 0.00000312. The van der Waals surface area contributed by atoms with Crippen LogP contribution in [0.4, 0.5) is 0 Å². The van der Waals surface area contributed by atoms with Crippen molar-refractivity contribution in [1.29, 1.82) is 0 Å². The van der Waals surface area contributed by atoms with Gasteiger partial charge in [-0.1, -0.05) is 12.1 Å². The van der Waals surface area contributed by atoms with Crippen LogP contribution in [0.3, 0.4) is 0 Å². The molecule has 25 heavy (non-hydrogen) atoms. The zero-order chi connectivity index (χ0) is 17.4. The molecular formula is C18H27IN4OS. The molecule has 0 radical (unpaired) electrons. The number of aliphatic imine (C=N–C) groups is 1. The number of hydrogen-bond acceptors (Lipinski definition) is 4. The lowest BCUT2D eigenvalue weighted by molar-refractivity contribution is 0.414. The Morgan fingerprint density at radius 1 is 1.20 bits per heavy atom. The van der Waals surface area contributed by atoms with Crippen LogP contribution >= 0.6 is 35.3 Å². The number of nitrogens with zero attached hydrogens (tertiary/aromatic N) is 2. The molecule has 1 aromatic heterocycles. The summed E-state index contributed by atoms with van der Waals surface area (Å²) >= 11 is 1.77. The number of hydrogen-bond donors (Lipinski definition) is 2. The predicted octanol–water partition coefficient (Wildman–Crippen LogP) is 3.34. The van der Waals surface area contributed by atoms with Gasteiger partial charge in [0.2, 0.25) is 0 Å². The highest BCUT2D eigenvalue weighted by molar-refractivity contribution is 14.0. The second-order valence-electron chi connectivity index (χ2n) is 5.53. The second-order valence-corrected chi connectivity index (χ2v) is 6.81. The Labute approximate surface area is 171 Å². The third kappa shape index (κ3) is 7.19. The van der Waals surface area contributed by atoms with Crippen LogP contribution in [0.5, 0.6) is 5.75 Å². The van der Waals surface area contributed by atoms with Crippen molar-refractivity contribution in [2.75, 3.05) is 27.2 Å². The Morgan fingerprint density at radius 3 is 2.52 bits per heavy atom. The molecule has 0 spiro atoms. The van der Waals surface area contributed by atoms with E-state index in [4.69, 9.17) is 4.74 Å². The van der Waals surface area contributed by atoms with E-state index in [1.54, 1.807) is 25.5 Å². The van der Waals surface area contributed by atoms with Crippen LogP contribution in [0.15, 0.2) is 29.3 Å². The van der Waals surface area contributed by atoms with Crippen molar-refractivity contribution in [3.8, 4) is 5.75 Å². The van der Waals surface area contributed by atoms with Gasteiger partial charge in [-0.05, 0) is 38.0 Å². The molecule has 0 aliphatic carbocycles. The summed E-state index contributed by atoms with van der Waals surface area (Å²) in [5.74, 6) is 1.71. The molecule has 2 N–H and O–H groups in total. The third-order valence-corrected chi connectivity index (χ3v) is 4.90. The lowest BCUT2D eigenvalue weighted by Gasteiger charge is -2.11. The maximum Gasteiger partial charge on any atom is 0.191 e. The molecule has 1 heterocycles. The molecule has 0 amide bonds. The molecule has 0 saturated heterocycles. The quantitative estimate of drug-likeness (QED) is 0.367. The van der Waals surface area contributed by atoms with Gasteiger partial charge in [0, 0.05) is 31.4 Å². The minimum absolute atomic E-state index is 0. The van der Waals surface area contributed by atoms with Gasteiger partial charge in [-0.3, -0.25) is 4.99 Å². The van der Waals surface area contributed by atoms with Gasteiger partial charge in [-0.25, -0.2) is 4.98 Å². The van der Waals surface area contributed by atoms with E-state index in [1.165, 1.54) is 15.4 Å². The third-order valence-electron chi connectivity index (χ3n) is 3.77. The summed E-state index contributed by atoms with van der Waals surface area (Å²) in [5, 5.41) is 7.85. The van der Waals surface area contributed by atoms with Crippen LogP contribution in [0.2, 0.25) is 0 Å². The number of thiazole rings is 1. The number of halogens is 1. The van der Waals surface area contributed by atoms with E-state index in [0.29, 0.717) is 0 Å². The number of rotatable bonds is 7. The van der Waals surface area contributed by atoms with Gasteiger partial charge in [0.05, 0.1) is 17.8 Å². The van der Waals surface area contributed by atoms with E-state index in [1.807, 2.05) is 12.1 Å². The number of nitrogens with one attached hydrogen (secondary N) is 2. The molecule has 2 aromatic rings. The molecule has 0 unspecified atom stereocenters. The number of aryl methyl sites for hydroxylation is 2. The fraction of sp³-hybridized carbons (Fsp3) is 0.444. The van der Waals surface area contributed by atoms with Crippen LogP contribution in [0.1, 0.15) is 21.1 Å². The average Bonchev–Trinajstić information content (AvgIpc) is 2.91. The van der Waals surface area contributed by atoms with Crippen molar-refractivity contribution in [2.24, 2.45) is 4.99 Å². The van der Waals surface area contributed by atoms with Crippen LogP contribution in [-0.4, -0.2) is 38.2 Å². The number of aromatic nitrogens is 1. The Morgan fingerprint density at radius 2 is 1.92 bits per heavy atom. The van der Waals surface area contributed by atoms with Gasteiger partial charge < -0.3 is 15.4 Å². The fourth-order valence-corrected chi connectivity index (χ4v) is 3.24. The first kappa shape index (κ1) is 21.7. The highest BCUT2D eigenvalue weighted by Gasteiger charge is 2.04. The van der Waals surface area contributed by atoms with Crippen molar-refractivity contribution in [3.05, 3.63) is 45.4 Å². The van der Waals surface area contributed by atoms with Crippen LogP contribution < -0.4 is 15.4 Å². The van der Waals surface area contributed by atoms with Crippen molar-refractivity contribution >= 4 is 41.3 Å². The van der Waals surface area contributed by atoms with Crippen molar-refractivity contribution < 1.29 is 4.74 Å². The smallest absolute Gasteiger partial charge is 0.191 e. The average molecular weight is 474 g/mol. The summed E-state index contributed by atoms with van der Waals surface area (Å²) in [6, 6.07) is 8.14. The minimum atomic E-state index is 0. The molecule has 5 nitrogen and oxygen atoms in total. The molecule has 0 aliphatic rings. The van der Waals surface area contributed by atoms with Crippen molar-refractivity contribution in [3.63, 3.8) is 0 Å². The SMILES string of the molecule is CN=C(NCCc1cccc(OC)c1)NCCc1nc(C)c(C)s1.I. The van der Waals surface area contributed by atoms with Crippen molar-refractivity contribution in [2.45, 2.75) is 26.7 Å². The molecule has 2 rings (SSSR count). The first-order chi connectivity index (χ1) is 11.6. The van der Waals surface area contributed by atoms with Gasteiger partial charge >= 0.3 is 0 Å². The van der Waals surface area contributed by atoms with Gasteiger partial charge in [0.1, 0.15) is 5.75 Å². The molecule has 138 valence electrons. The summed E-state index contributed by atoms with van der Waals surface area (Å²) in [4.78, 5) is 10.1. The number of ether oxygens (including phenoxy) is 1. The minimum Gasteiger partial charge on any atom is -0.497 e. The zero-order valence-electron chi connectivity index (χ0n) is 15.3. The summed E-state index contributed by atoms with van der Waals surface area (Å²) in [5.41, 5.74) is 2.38. The molecule has 1 aromatic carbocycles. The normalized spacial score (nSPS) is 11.0. The molecule has 0 fully saturated rings. The lowest BCUT2D eigenvalue weighted by atomic mass is 10.1. The zero-order valence-corrected chi connectivity index (χ0v) is 18.4. The largest absolute Gasteiger partial charge is 0.497 e. The van der Waals surface area contributed by atoms with E-state index in [2.05, 4.69) is 46.6 Å². The van der Waals surface area contributed by atoms with Gasteiger partial charge in [0.15, 0.2) is 5.96 Å². The summed E-state index contributed by atoms with van der Waals surface area (Å²) in [6.07, 6.45) is 1.83. The van der Waals surface area contributed by atoms with Crippen molar-refractivity contribution in [1.82, 2.24) is 15.6 Å². The first-order valence-electron chi connectivity index (χ1n) is 8.12. The topological polar surface area (TPSA) is 58.5 Å². The molecule has 0 bridgehead atoms.